The van der Waals surface area contributed by atoms with Crippen LogP contribution < -0.4 is 11.2 Å². The highest BCUT2D eigenvalue weighted by atomic mass is 127. The first kappa shape index (κ1) is 16.6. The number of aromatic nitrogens is 2. The Bertz CT molecular complexity index is 627. The maximum atomic E-state index is 12.4. The first-order valence-corrected chi connectivity index (χ1v) is 7.96. The van der Waals surface area contributed by atoms with Crippen molar-refractivity contribution in [2.75, 3.05) is 11.0 Å². The third-order valence-electron chi connectivity index (χ3n) is 3.47. The zero-order valence-corrected chi connectivity index (χ0v) is 13.5. The minimum absolute atomic E-state index is 0.245. The van der Waals surface area contributed by atoms with Gasteiger partial charge in [0.15, 0.2) is 6.23 Å². The number of hydrogen-bond acceptors (Lipinski definition) is 6. The van der Waals surface area contributed by atoms with Crippen LogP contribution in [0.1, 0.15) is 11.8 Å². The van der Waals surface area contributed by atoms with Crippen LogP contribution in [0, 0.1) is 6.92 Å². The number of aliphatic hydroxyl groups is 3. The first-order chi connectivity index (χ1) is 9.92. The standard InChI is InChI=1S/C12H17IN2O6/c1-6-4-15(12(20)14(3-2-13)10(6)19)11-9(18)8(17)7(5-16)21-11/h4,7-9,11,16-18H,2-3,5H2,1H3/t7?,8-,9?,11?/m1/s1. The molecule has 1 fully saturated rings. The normalized spacial score (nSPS) is 29.0. The van der Waals surface area contributed by atoms with Crippen LogP contribution in [0.25, 0.3) is 0 Å². The lowest BCUT2D eigenvalue weighted by Gasteiger charge is -2.19. The molecule has 3 unspecified atom stereocenters. The molecule has 21 heavy (non-hydrogen) atoms. The molecule has 2 rings (SSSR count). The summed E-state index contributed by atoms with van der Waals surface area (Å²) in [5.41, 5.74) is -0.672. The molecule has 118 valence electrons. The van der Waals surface area contributed by atoms with Gasteiger partial charge in [-0.15, -0.1) is 0 Å². The Morgan fingerprint density at radius 2 is 2.00 bits per heavy atom. The van der Waals surface area contributed by atoms with Crippen LogP contribution in [-0.4, -0.2) is 53.8 Å². The van der Waals surface area contributed by atoms with Crippen molar-refractivity contribution in [3.63, 3.8) is 0 Å². The number of nitrogens with zero attached hydrogens (tertiary/aromatic N) is 2. The van der Waals surface area contributed by atoms with Gasteiger partial charge in [0.2, 0.25) is 0 Å². The summed E-state index contributed by atoms with van der Waals surface area (Å²) >= 11 is 2.05. The Morgan fingerprint density at radius 1 is 1.33 bits per heavy atom. The van der Waals surface area contributed by atoms with Crippen LogP contribution >= 0.6 is 22.6 Å². The summed E-state index contributed by atoms with van der Waals surface area (Å²) in [4.78, 5) is 24.3. The van der Waals surface area contributed by atoms with E-state index in [1.54, 1.807) is 6.92 Å². The number of ether oxygens (including phenoxy) is 1. The number of aryl methyl sites for hydroxylation is 1. The van der Waals surface area contributed by atoms with E-state index in [0.717, 1.165) is 9.13 Å². The summed E-state index contributed by atoms with van der Waals surface area (Å²) in [5.74, 6) is 0. The highest BCUT2D eigenvalue weighted by molar-refractivity contribution is 14.1. The van der Waals surface area contributed by atoms with Gasteiger partial charge in [-0.25, -0.2) is 4.79 Å². The maximum Gasteiger partial charge on any atom is 0.333 e. The third kappa shape index (κ3) is 2.93. The van der Waals surface area contributed by atoms with E-state index in [2.05, 4.69) is 22.6 Å². The summed E-state index contributed by atoms with van der Waals surface area (Å²) in [6.07, 6.45) is -3.46. The van der Waals surface area contributed by atoms with Crippen molar-refractivity contribution in [2.24, 2.45) is 0 Å². The minimum Gasteiger partial charge on any atom is -0.394 e. The van der Waals surface area contributed by atoms with E-state index in [-0.39, 0.29) is 12.1 Å². The monoisotopic (exact) mass is 412 g/mol. The van der Waals surface area contributed by atoms with Gasteiger partial charge in [0.25, 0.3) is 5.56 Å². The SMILES string of the molecule is Cc1cn(C2OC(CO)[C@@H](O)C2O)c(=O)n(CCI)c1=O. The van der Waals surface area contributed by atoms with E-state index in [1.807, 2.05) is 0 Å². The molecule has 3 N–H and O–H groups in total. The van der Waals surface area contributed by atoms with Crippen molar-refractivity contribution in [1.82, 2.24) is 9.13 Å². The van der Waals surface area contributed by atoms with Crippen LogP contribution in [0.4, 0.5) is 0 Å². The van der Waals surface area contributed by atoms with Gasteiger partial charge in [0.05, 0.1) is 6.61 Å². The molecule has 0 bridgehead atoms. The Morgan fingerprint density at radius 3 is 2.52 bits per heavy atom. The molecule has 1 aromatic heterocycles. The van der Waals surface area contributed by atoms with Gasteiger partial charge in [0.1, 0.15) is 18.3 Å². The number of hydrogen-bond donors (Lipinski definition) is 3. The van der Waals surface area contributed by atoms with E-state index >= 15 is 0 Å². The topological polar surface area (TPSA) is 114 Å². The van der Waals surface area contributed by atoms with Crippen molar-refractivity contribution in [2.45, 2.75) is 38.0 Å². The van der Waals surface area contributed by atoms with Crippen molar-refractivity contribution < 1.29 is 20.1 Å². The molecule has 2 heterocycles. The molecule has 4 atom stereocenters. The Hall–Kier alpha value is -0.750. The van der Waals surface area contributed by atoms with Gasteiger partial charge in [0, 0.05) is 22.7 Å². The smallest absolute Gasteiger partial charge is 0.333 e. The largest absolute Gasteiger partial charge is 0.394 e. The summed E-state index contributed by atoms with van der Waals surface area (Å²) < 4.78 is 8.06. The molecule has 0 aliphatic carbocycles. The second kappa shape index (κ2) is 6.57. The minimum atomic E-state index is -1.36. The van der Waals surface area contributed by atoms with Crippen LogP contribution in [0.15, 0.2) is 15.8 Å². The third-order valence-corrected chi connectivity index (χ3v) is 3.95. The van der Waals surface area contributed by atoms with Crippen LogP contribution in [0.2, 0.25) is 0 Å². The maximum absolute atomic E-state index is 12.4. The van der Waals surface area contributed by atoms with Gasteiger partial charge in [-0.3, -0.25) is 13.9 Å². The van der Waals surface area contributed by atoms with E-state index in [4.69, 9.17) is 9.84 Å². The highest BCUT2D eigenvalue weighted by Gasteiger charge is 2.44. The molecule has 0 saturated carbocycles. The summed E-state index contributed by atoms with van der Waals surface area (Å²) in [6.45, 7) is 1.33. The van der Waals surface area contributed by atoms with Crippen molar-refractivity contribution in [1.29, 1.82) is 0 Å². The zero-order valence-electron chi connectivity index (χ0n) is 11.3. The second-order valence-corrected chi connectivity index (χ2v) is 5.96. The average Bonchev–Trinajstić information content (AvgIpc) is 2.75. The number of alkyl halides is 1. The fraction of sp³-hybridized carbons (Fsp3) is 0.667. The van der Waals surface area contributed by atoms with E-state index in [9.17, 15) is 19.8 Å². The molecule has 0 spiro atoms. The lowest BCUT2D eigenvalue weighted by molar-refractivity contribution is -0.0556. The molecule has 1 saturated heterocycles. The highest BCUT2D eigenvalue weighted by Crippen LogP contribution is 2.27. The predicted octanol–water partition coefficient (Wildman–Crippen LogP) is -1.64. The molecule has 9 heteroatoms. The molecule has 1 aliphatic rings. The van der Waals surface area contributed by atoms with Crippen molar-refractivity contribution in [3.05, 3.63) is 32.6 Å². The Kier molecular flexibility index (Phi) is 5.20. The van der Waals surface area contributed by atoms with Gasteiger partial charge < -0.3 is 20.1 Å². The molecule has 8 nitrogen and oxygen atoms in total. The van der Waals surface area contributed by atoms with Crippen molar-refractivity contribution >= 4 is 22.6 Å². The van der Waals surface area contributed by atoms with Crippen molar-refractivity contribution in [3.8, 4) is 0 Å². The van der Waals surface area contributed by atoms with Gasteiger partial charge in [-0.05, 0) is 6.92 Å². The van der Waals surface area contributed by atoms with Crippen LogP contribution in [-0.2, 0) is 11.3 Å². The molecule has 0 aromatic carbocycles. The van der Waals surface area contributed by atoms with Crippen LogP contribution in [0.3, 0.4) is 0 Å². The van der Waals surface area contributed by atoms with Gasteiger partial charge >= 0.3 is 5.69 Å². The van der Waals surface area contributed by atoms with Gasteiger partial charge in [-0.2, -0.15) is 0 Å². The molecule has 1 aliphatic heterocycles. The molecule has 1 aromatic rings. The summed E-state index contributed by atoms with van der Waals surface area (Å²) in [5, 5.41) is 28.8. The lowest BCUT2D eigenvalue weighted by atomic mass is 10.1. The fourth-order valence-electron chi connectivity index (χ4n) is 2.33. The van der Waals surface area contributed by atoms with Crippen LogP contribution in [0.5, 0.6) is 0 Å². The second-order valence-electron chi connectivity index (χ2n) is 4.88. The van der Waals surface area contributed by atoms with E-state index in [1.165, 1.54) is 6.20 Å². The fourth-order valence-corrected chi connectivity index (χ4v) is 2.81. The predicted molar refractivity (Wildman–Crippen MR) is 81.6 cm³/mol. The molecule has 0 radical (unpaired) electrons. The van der Waals surface area contributed by atoms with E-state index < -0.39 is 36.8 Å². The lowest BCUT2D eigenvalue weighted by Crippen LogP contribution is -2.44. The zero-order chi connectivity index (χ0) is 15.7. The van der Waals surface area contributed by atoms with Gasteiger partial charge in [-0.1, -0.05) is 22.6 Å². The summed E-state index contributed by atoms with van der Waals surface area (Å²) in [7, 11) is 0. The first-order valence-electron chi connectivity index (χ1n) is 6.43. The summed E-state index contributed by atoms with van der Waals surface area (Å²) in [6, 6.07) is 0. The number of aliphatic hydroxyl groups excluding tert-OH is 3. The molecule has 0 amide bonds. The van der Waals surface area contributed by atoms with E-state index in [0.29, 0.717) is 9.99 Å². The molecular formula is C12H17IN2O6. The number of halogens is 1. The Balaban J connectivity index is 2.50. The quantitative estimate of drug-likeness (QED) is 0.404. The Labute approximate surface area is 133 Å². The number of rotatable bonds is 4. The average molecular weight is 412 g/mol. The molecular weight excluding hydrogens is 395 g/mol.